The van der Waals surface area contributed by atoms with E-state index < -0.39 is 17.4 Å². The fourth-order valence-electron chi connectivity index (χ4n) is 2.25. The Morgan fingerprint density at radius 2 is 1.47 bits per heavy atom. The van der Waals surface area contributed by atoms with Gasteiger partial charge in [-0.3, -0.25) is 4.79 Å². The second-order valence-electron chi connectivity index (χ2n) is 4.82. The minimum Gasteiger partial charge on any atom is -0.369 e. The molecule has 0 heterocycles. The van der Waals surface area contributed by atoms with Crippen molar-refractivity contribution in [3.05, 3.63) is 71.8 Å². The molecule has 0 unspecified atom stereocenters. The first kappa shape index (κ1) is 13.3. The lowest BCUT2D eigenvalue weighted by molar-refractivity contribution is -0.123. The number of benzene rings is 2. The molecule has 0 fully saturated rings. The van der Waals surface area contributed by atoms with Crippen LogP contribution in [0.1, 0.15) is 24.1 Å². The van der Waals surface area contributed by atoms with E-state index in [1.165, 1.54) is 0 Å². The molecule has 0 spiro atoms. The van der Waals surface area contributed by atoms with Gasteiger partial charge >= 0.3 is 0 Å². The molecular weight excluding hydrogens is 236 g/mol. The summed E-state index contributed by atoms with van der Waals surface area (Å²) in [5.41, 5.74) is 12.7. The molecule has 2 aromatic carbocycles. The normalized spacial score (nSPS) is 15.5. The average Bonchev–Trinajstić information content (AvgIpc) is 2.47. The van der Waals surface area contributed by atoms with Gasteiger partial charge in [-0.25, -0.2) is 0 Å². The van der Waals surface area contributed by atoms with Gasteiger partial charge in [-0.2, -0.15) is 0 Å². The molecule has 0 saturated carbocycles. The molecule has 2 rings (SSSR count). The molecule has 0 saturated heterocycles. The van der Waals surface area contributed by atoms with Crippen LogP contribution in [0.4, 0.5) is 0 Å². The van der Waals surface area contributed by atoms with E-state index in [-0.39, 0.29) is 0 Å². The molecule has 2 aromatic rings. The third-order valence-electron chi connectivity index (χ3n) is 3.67. The lowest BCUT2D eigenvalue weighted by Crippen LogP contribution is -2.47. The molecule has 98 valence electrons. The van der Waals surface area contributed by atoms with Crippen molar-refractivity contribution in [2.75, 3.05) is 0 Å². The minimum atomic E-state index is -0.928. The van der Waals surface area contributed by atoms with Crippen LogP contribution in [0.5, 0.6) is 0 Å². The first-order valence-corrected chi connectivity index (χ1v) is 6.22. The molecule has 0 aliphatic carbocycles. The fourth-order valence-corrected chi connectivity index (χ4v) is 2.25. The van der Waals surface area contributed by atoms with E-state index in [1.807, 2.05) is 60.7 Å². The summed E-state index contributed by atoms with van der Waals surface area (Å²) in [5.74, 6) is -0.421. The zero-order chi connectivity index (χ0) is 13.9. The Kier molecular flexibility index (Phi) is 3.67. The van der Waals surface area contributed by atoms with Gasteiger partial charge in [0.05, 0.1) is 5.41 Å². The van der Waals surface area contributed by atoms with Gasteiger partial charge in [0.1, 0.15) is 0 Å². The molecule has 4 N–H and O–H groups in total. The number of hydrogen-bond acceptors (Lipinski definition) is 2. The van der Waals surface area contributed by atoms with E-state index in [9.17, 15) is 4.79 Å². The van der Waals surface area contributed by atoms with Crippen LogP contribution in [-0.4, -0.2) is 5.91 Å². The minimum absolute atomic E-state index is 0.421. The maximum absolute atomic E-state index is 12.0. The summed E-state index contributed by atoms with van der Waals surface area (Å²) in [6.07, 6.45) is 0. The van der Waals surface area contributed by atoms with Crippen molar-refractivity contribution in [2.45, 2.75) is 18.4 Å². The fraction of sp³-hybridized carbons (Fsp3) is 0.188. The largest absolute Gasteiger partial charge is 0.369 e. The predicted octanol–water partition coefficient (Wildman–Crippen LogP) is 2.13. The Labute approximate surface area is 113 Å². The molecule has 19 heavy (non-hydrogen) atoms. The van der Waals surface area contributed by atoms with Crippen LogP contribution in [0, 0.1) is 0 Å². The maximum atomic E-state index is 12.0. The van der Waals surface area contributed by atoms with Crippen LogP contribution >= 0.6 is 0 Å². The molecule has 0 aromatic heterocycles. The number of amides is 1. The summed E-state index contributed by atoms with van der Waals surface area (Å²) < 4.78 is 0. The van der Waals surface area contributed by atoms with Gasteiger partial charge in [0.15, 0.2) is 0 Å². The Morgan fingerprint density at radius 3 is 1.95 bits per heavy atom. The van der Waals surface area contributed by atoms with Crippen LogP contribution in [0.25, 0.3) is 0 Å². The third-order valence-corrected chi connectivity index (χ3v) is 3.67. The molecular formula is C16H18N2O. The Balaban J connectivity index is 2.49. The second-order valence-corrected chi connectivity index (χ2v) is 4.82. The highest BCUT2D eigenvalue weighted by Crippen LogP contribution is 2.35. The van der Waals surface area contributed by atoms with Gasteiger partial charge in [0.25, 0.3) is 0 Å². The molecule has 0 radical (unpaired) electrons. The van der Waals surface area contributed by atoms with Gasteiger partial charge in [-0.1, -0.05) is 60.7 Å². The SMILES string of the molecule is C[C@@](C(N)=O)(c1ccccc1)[C@H](N)c1ccccc1. The van der Waals surface area contributed by atoms with Crippen LogP contribution in [-0.2, 0) is 10.2 Å². The lowest BCUT2D eigenvalue weighted by Gasteiger charge is -2.33. The summed E-state index contributed by atoms with van der Waals surface area (Å²) >= 11 is 0. The second kappa shape index (κ2) is 5.24. The van der Waals surface area contributed by atoms with Crippen molar-refractivity contribution in [1.82, 2.24) is 0 Å². The highest BCUT2D eigenvalue weighted by Gasteiger charge is 2.40. The highest BCUT2D eigenvalue weighted by atomic mass is 16.1. The van der Waals surface area contributed by atoms with E-state index >= 15 is 0 Å². The smallest absolute Gasteiger partial charge is 0.229 e. The van der Waals surface area contributed by atoms with E-state index in [4.69, 9.17) is 11.5 Å². The Hall–Kier alpha value is -2.13. The predicted molar refractivity (Wildman–Crippen MR) is 76.4 cm³/mol. The summed E-state index contributed by atoms with van der Waals surface area (Å²) in [5, 5.41) is 0. The van der Waals surface area contributed by atoms with Crippen molar-refractivity contribution in [3.8, 4) is 0 Å². The topological polar surface area (TPSA) is 69.1 Å². The van der Waals surface area contributed by atoms with Crippen molar-refractivity contribution in [3.63, 3.8) is 0 Å². The number of rotatable bonds is 4. The Morgan fingerprint density at radius 1 is 1.00 bits per heavy atom. The quantitative estimate of drug-likeness (QED) is 0.877. The Bertz CT molecular complexity index is 553. The van der Waals surface area contributed by atoms with Crippen LogP contribution in [0.15, 0.2) is 60.7 Å². The molecule has 3 heteroatoms. The zero-order valence-electron chi connectivity index (χ0n) is 10.9. The van der Waals surface area contributed by atoms with Crippen molar-refractivity contribution >= 4 is 5.91 Å². The van der Waals surface area contributed by atoms with Gasteiger partial charge in [-0.05, 0) is 18.1 Å². The summed E-state index contributed by atoms with van der Waals surface area (Å²) in [4.78, 5) is 12.0. The maximum Gasteiger partial charge on any atom is 0.229 e. The van der Waals surface area contributed by atoms with Gasteiger partial charge in [0.2, 0.25) is 5.91 Å². The number of nitrogens with two attached hydrogens (primary N) is 2. The summed E-state index contributed by atoms with van der Waals surface area (Å²) in [7, 11) is 0. The first-order chi connectivity index (χ1) is 9.06. The average molecular weight is 254 g/mol. The van der Waals surface area contributed by atoms with E-state index in [0.29, 0.717) is 0 Å². The summed E-state index contributed by atoms with van der Waals surface area (Å²) in [6.45, 7) is 1.79. The monoisotopic (exact) mass is 254 g/mol. The molecule has 0 aliphatic heterocycles. The van der Waals surface area contributed by atoms with Crippen molar-refractivity contribution < 1.29 is 4.79 Å². The van der Waals surface area contributed by atoms with Gasteiger partial charge < -0.3 is 11.5 Å². The highest BCUT2D eigenvalue weighted by molar-refractivity contribution is 5.87. The molecule has 1 amide bonds. The third kappa shape index (κ3) is 2.37. The van der Waals surface area contributed by atoms with Crippen LogP contribution in [0.2, 0.25) is 0 Å². The molecule has 0 bridgehead atoms. The van der Waals surface area contributed by atoms with Crippen LogP contribution < -0.4 is 11.5 Å². The first-order valence-electron chi connectivity index (χ1n) is 6.22. The molecule has 0 aliphatic rings. The molecule has 2 atom stereocenters. The number of primary amides is 1. The van der Waals surface area contributed by atoms with E-state index in [0.717, 1.165) is 11.1 Å². The van der Waals surface area contributed by atoms with Crippen molar-refractivity contribution in [1.29, 1.82) is 0 Å². The van der Waals surface area contributed by atoms with Gasteiger partial charge in [-0.15, -0.1) is 0 Å². The van der Waals surface area contributed by atoms with E-state index in [1.54, 1.807) is 6.92 Å². The zero-order valence-corrected chi connectivity index (χ0v) is 10.9. The summed E-state index contributed by atoms with van der Waals surface area (Å²) in [6, 6.07) is 18.5. The van der Waals surface area contributed by atoms with Gasteiger partial charge in [0, 0.05) is 6.04 Å². The number of hydrogen-bond donors (Lipinski definition) is 2. The van der Waals surface area contributed by atoms with Crippen LogP contribution in [0.3, 0.4) is 0 Å². The number of carbonyl (C=O) groups excluding carboxylic acids is 1. The lowest BCUT2D eigenvalue weighted by atomic mass is 9.73. The molecule has 3 nitrogen and oxygen atoms in total. The standard InChI is InChI=1S/C16H18N2O/c1-16(15(18)19,13-10-6-3-7-11-13)14(17)12-8-4-2-5-9-12/h2-11,14H,17H2,1H3,(H2,18,19)/t14-,16-/m1/s1. The van der Waals surface area contributed by atoms with Crippen molar-refractivity contribution in [2.24, 2.45) is 11.5 Å². The van der Waals surface area contributed by atoms with E-state index in [2.05, 4.69) is 0 Å². The number of carbonyl (C=O) groups is 1.